The zero-order valence-electron chi connectivity index (χ0n) is 11.5. The van der Waals surface area contributed by atoms with E-state index in [9.17, 15) is 9.90 Å². The Morgan fingerprint density at radius 3 is 2.65 bits per heavy atom. The lowest BCUT2D eigenvalue weighted by molar-refractivity contribution is -0.122. The predicted molar refractivity (Wildman–Crippen MR) is 82.8 cm³/mol. The van der Waals surface area contributed by atoms with Gasteiger partial charge in [0.25, 0.3) is 0 Å². The molecule has 1 heterocycles. The van der Waals surface area contributed by atoms with Crippen LogP contribution in [0.4, 0.5) is 0 Å². The Labute approximate surface area is 124 Å². The van der Waals surface area contributed by atoms with Crippen LogP contribution in [0.1, 0.15) is 18.4 Å². The number of nitrogens with two attached hydrogens (primary N) is 1. The highest BCUT2D eigenvalue weighted by Crippen LogP contribution is 2.21. The van der Waals surface area contributed by atoms with Crippen LogP contribution in [-0.2, 0) is 11.2 Å². The summed E-state index contributed by atoms with van der Waals surface area (Å²) in [7, 11) is 0. The van der Waals surface area contributed by atoms with E-state index in [-0.39, 0.29) is 11.7 Å². The van der Waals surface area contributed by atoms with Crippen LogP contribution in [0.5, 0.6) is 5.75 Å². The van der Waals surface area contributed by atoms with E-state index in [1.807, 2.05) is 11.8 Å². The molecule has 1 atom stereocenters. The predicted octanol–water partition coefficient (Wildman–Crippen LogP) is 1.52. The molecule has 4 N–H and O–H groups in total. The Morgan fingerprint density at radius 2 is 2.00 bits per heavy atom. The van der Waals surface area contributed by atoms with E-state index in [1.54, 1.807) is 24.3 Å². The van der Waals surface area contributed by atoms with Gasteiger partial charge >= 0.3 is 0 Å². The van der Waals surface area contributed by atoms with E-state index in [2.05, 4.69) is 5.32 Å². The van der Waals surface area contributed by atoms with Gasteiger partial charge in [0.2, 0.25) is 5.91 Å². The van der Waals surface area contributed by atoms with E-state index in [4.69, 9.17) is 5.73 Å². The molecule has 0 unspecified atom stereocenters. The number of benzene rings is 1. The van der Waals surface area contributed by atoms with Gasteiger partial charge in [-0.05, 0) is 54.4 Å². The summed E-state index contributed by atoms with van der Waals surface area (Å²) >= 11 is 1.98. The molecule has 1 amide bonds. The number of thioether (sulfide) groups is 1. The topological polar surface area (TPSA) is 75.3 Å². The standard InChI is InChI=1S/C15H22N2O2S/c16-14(9-11-1-3-13(18)4-2-11)15(19)17-10-12-5-7-20-8-6-12/h1-4,12,14,18H,5-10,16H2,(H,17,19)/t14-/m0/s1. The summed E-state index contributed by atoms with van der Waals surface area (Å²) in [6.07, 6.45) is 2.85. The van der Waals surface area contributed by atoms with Crippen molar-refractivity contribution < 1.29 is 9.90 Å². The van der Waals surface area contributed by atoms with Gasteiger partial charge in [0.15, 0.2) is 0 Å². The zero-order chi connectivity index (χ0) is 14.4. The van der Waals surface area contributed by atoms with Gasteiger partial charge in [0.1, 0.15) is 5.75 Å². The molecule has 4 nitrogen and oxygen atoms in total. The highest BCUT2D eigenvalue weighted by Gasteiger charge is 2.18. The van der Waals surface area contributed by atoms with Gasteiger partial charge in [-0.25, -0.2) is 0 Å². The van der Waals surface area contributed by atoms with Crippen molar-refractivity contribution in [3.05, 3.63) is 29.8 Å². The first-order valence-corrected chi connectivity index (χ1v) is 8.19. The molecule has 20 heavy (non-hydrogen) atoms. The molecule has 2 rings (SSSR count). The molecule has 1 fully saturated rings. The summed E-state index contributed by atoms with van der Waals surface area (Å²) in [6, 6.07) is 6.28. The average Bonchev–Trinajstić information content (AvgIpc) is 2.48. The minimum absolute atomic E-state index is 0.0868. The molecular formula is C15H22N2O2S. The van der Waals surface area contributed by atoms with Crippen molar-refractivity contribution in [2.75, 3.05) is 18.1 Å². The Balaban J connectivity index is 1.75. The normalized spacial score (nSPS) is 17.6. The number of hydrogen-bond donors (Lipinski definition) is 3. The number of carbonyl (C=O) groups excluding carboxylic acids is 1. The second-order valence-corrected chi connectivity index (χ2v) is 6.50. The second-order valence-electron chi connectivity index (χ2n) is 5.28. The molecule has 1 saturated heterocycles. The molecule has 0 saturated carbocycles. The fraction of sp³-hybridized carbons (Fsp3) is 0.533. The molecule has 0 radical (unpaired) electrons. The Kier molecular flexibility index (Phi) is 5.73. The molecule has 110 valence electrons. The van der Waals surface area contributed by atoms with Gasteiger partial charge in [-0.3, -0.25) is 4.79 Å². The number of phenolic OH excluding ortho intramolecular Hbond substituents is 1. The third-order valence-corrected chi connectivity index (χ3v) is 4.68. The van der Waals surface area contributed by atoms with E-state index in [1.165, 1.54) is 24.3 Å². The molecule has 5 heteroatoms. The smallest absolute Gasteiger partial charge is 0.237 e. The number of rotatable bonds is 5. The van der Waals surface area contributed by atoms with Crippen LogP contribution in [-0.4, -0.2) is 35.1 Å². The molecule has 0 aromatic heterocycles. The Bertz CT molecular complexity index is 430. The van der Waals surface area contributed by atoms with Crippen molar-refractivity contribution in [1.29, 1.82) is 0 Å². The van der Waals surface area contributed by atoms with E-state index < -0.39 is 6.04 Å². The molecule has 1 aromatic carbocycles. The first-order chi connectivity index (χ1) is 9.65. The van der Waals surface area contributed by atoms with Crippen LogP contribution in [0, 0.1) is 5.92 Å². The van der Waals surface area contributed by atoms with Gasteiger partial charge in [-0.15, -0.1) is 0 Å². The van der Waals surface area contributed by atoms with Crippen LogP contribution < -0.4 is 11.1 Å². The summed E-state index contributed by atoms with van der Waals surface area (Å²) in [4.78, 5) is 12.0. The Morgan fingerprint density at radius 1 is 1.35 bits per heavy atom. The SMILES string of the molecule is N[C@@H](Cc1ccc(O)cc1)C(=O)NCC1CCSCC1. The lowest BCUT2D eigenvalue weighted by Gasteiger charge is -2.22. The van der Waals surface area contributed by atoms with Crippen LogP contribution in [0.3, 0.4) is 0 Å². The minimum Gasteiger partial charge on any atom is -0.508 e. The van der Waals surface area contributed by atoms with Crippen LogP contribution in [0.2, 0.25) is 0 Å². The quantitative estimate of drug-likeness (QED) is 0.769. The third-order valence-electron chi connectivity index (χ3n) is 3.63. The maximum atomic E-state index is 12.0. The number of phenols is 1. The van der Waals surface area contributed by atoms with Crippen LogP contribution in [0.25, 0.3) is 0 Å². The molecule has 1 aliphatic rings. The van der Waals surface area contributed by atoms with Crippen LogP contribution >= 0.6 is 11.8 Å². The van der Waals surface area contributed by atoms with E-state index >= 15 is 0 Å². The largest absolute Gasteiger partial charge is 0.508 e. The maximum absolute atomic E-state index is 12.0. The van der Waals surface area contributed by atoms with Crippen LogP contribution in [0.15, 0.2) is 24.3 Å². The first-order valence-electron chi connectivity index (χ1n) is 7.04. The number of hydrogen-bond acceptors (Lipinski definition) is 4. The number of nitrogens with one attached hydrogen (secondary N) is 1. The van der Waals surface area contributed by atoms with Crippen molar-refractivity contribution in [2.24, 2.45) is 11.7 Å². The summed E-state index contributed by atoms with van der Waals surface area (Å²) in [5.41, 5.74) is 6.88. The fourth-order valence-corrected chi connectivity index (χ4v) is 3.51. The summed E-state index contributed by atoms with van der Waals surface area (Å²) in [6.45, 7) is 0.739. The lowest BCUT2D eigenvalue weighted by atomic mass is 10.0. The molecule has 0 aliphatic carbocycles. The number of carbonyl (C=O) groups is 1. The molecule has 1 aromatic rings. The number of aromatic hydroxyl groups is 1. The highest BCUT2D eigenvalue weighted by molar-refractivity contribution is 7.99. The third kappa shape index (κ3) is 4.72. The maximum Gasteiger partial charge on any atom is 0.237 e. The minimum atomic E-state index is -0.530. The van der Waals surface area contributed by atoms with E-state index in [0.717, 1.165) is 12.1 Å². The highest BCUT2D eigenvalue weighted by atomic mass is 32.2. The summed E-state index contributed by atoms with van der Waals surface area (Å²) < 4.78 is 0. The first kappa shape index (κ1) is 15.2. The Hall–Kier alpha value is -1.20. The summed E-state index contributed by atoms with van der Waals surface area (Å²) in [5, 5.41) is 12.2. The fourth-order valence-electron chi connectivity index (χ4n) is 2.31. The van der Waals surface area contributed by atoms with Crippen molar-refractivity contribution in [1.82, 2.24) is 5.32 Å². The second kappa shape index (κ2) is 7.55. The van der Waals surface area contributed by atoms with Crippen molar-refractivity contribution >= 4 is 17.7 Å². The van der Waals surface area contributed by atoms with E-state index in [0.29, 0.717) is 12.3 Å². The van der Waals surface area contributed by atoms with Gasteiger partial charge < -0.3 is 16.2 Å². The van der Waals surface area contributed by atoms with Crippen molar-refractivity contribution in [3.63, 3.8) is 0 Å². The average molecular weight is 294 g/mol. The monoisotopic (exact) mass is 294 g/mol. The lowest BCUT2D eigenvalue weighted by Crippen LogP contribution is -2.44. The molecular weight excluding hydrogens is 272 g/mol. The van der Waals surface area contributed by atoms with Gasteiger partial charge in [0.05, 0.1) is 6.04 Å². The van der Waals surface area contributed by atoms with Gasteiger partial charge in [0, 0.05) is 6.54 Å². The summed E-state index contributed by atoms with van der Waals surface area (Å²) in [5.74, 6) is 3.12. The number of amides is 1. The van der Waals surface area contributed by atoms with Crippen molar-refractivity contribution in [2.45, 2.75) is 25.3 Å². The molecule has 1 aliphatic heterocycles. The molecule has 0 spiro atoms. The van der Waals surface area contributed by atoms with Crippen molar-refractivity contribution in [3.8, 4) is 5.75 Å². The van der Waals surface area contributed by atoms with Gasteiger partial charge in [-0.1, -0.05) is 12.1 Å². The molecule has 0 bridgehead atoms. The zero-order valence-corrected chi connectivity index (χ0v) is 12.4. The van der Waals surface area contributed by atoms with Gasteiger partial charge in [-0.2, -0.15) is 11.8 Å².